The van der Waals surface area contributed by atoms with E-state index in [1.807, 2.05) is 19.9 Å². The predicted octanol–water partition coefficient (Wildman–Crippen LogP) is 3.25. The van der Waals surface area contributed by atoms with Gasteiger partial charge in [-0.2, -0.15) is 9.97 Å². The van der Waals surface area contributed by atoms with Crippen LogP contribution >= 0.6 is 11.6 Å². The average Bonchev–Trinajstić information content (AvgIpc) is 2.46. The Balaban J connectivity index is 2.20. The summed E-state index contributed by atoms with van der Waals surface area (Å²) < 4.78 is 10.9. The van der Waals surface area contributed by atoms with E-state index in [2.05, 4.69) is 15.0 Å². The number of ether oxygens (including phenoxy) is 2. The van der Waals surface area contributed by atoms with E-state index in [9.17, 15) is 0 Å². The zero-order chi connectivity index (χ0) is 15.2. The van der Waals surface area contributed by atoms with Crippen LogP contribution < -0.4 is 15.2 Å². The van der Waals surface area contributed by atoms with Crippen LogP contribution in [-0.4, -0.2) is 21.6 Å². The van der Waals surface area contributed by atoms with Gasteiger partial charge in [0.2, 0.25) is 5.95 Å². The molecular formula is C14H17ClN4O2. The molecule has 0 amide bonds. The van der Waals surface area contributed by atoms with Gasteiger partial charge in [-0.3, -0.25) is 0 Å². The molecule has 1 aromatic heterocycles. The normalized spacial score (nSPS) is 10.4. The van der Waals surface area contributed by atoms with Crippen LogP contribution in [0, 0.1) is 0 Å². The number of aromatic nitrogens is 3. The van der Waals surface area contributed by atoms with E-state index in [0.717, 1.165) is 18.4 Å². The molecule has 6 nitrogen and oxygen atoms in total. The second-order valence-electron chi connectivity index (χ2n) is 4.32. The van der Waals surface area contributed by atoms with Crippen molar-refractivity contribution in [1.29, 1.82) is 0 Å². The number of aryl methyl sites for hydroxylation is 1. The number of hydrogen-bond donors (Lipinski definition) is 1. The van der Waals surface area contributed by atoms with Crippen LogP contribution in [0.3, 0.4) is 0 Å². The number of hydrogen-bond acceptors (Lipinski definition) is 6. The summed E-state index contributed by atoms with van der Waals surface area (Å²) in [5.41, 5.74) is 6.61. The largest absolute Gasteiger partial charge is 0.463 e. The fraction of sp³-hybridized carbons (Fsp3) is 0.357. The standard InChI is InChI=1S/C14H17ClN4O2/c1-3-7-20-13-17-12(16)18-14(19-13)21-10-5-6-11(15)9(4-2)8-10/h5-6,8H,3-4,7H2,1-2H3,(H2,16,17,18,19). The fourth-order valence-corrected chi connectivity index (χ4v) is 1.90. The van der Waals surface area contributed by atoms with E-state index in [0.29, 0.717) is 17.4 Å². The molecule has 1 aromatic carbocycles. The van der Waals surface area contributed by atoms with Gasteiger partial charge < -0.3 is 15.2 Å². The van der Waals surface area contributed by atoms with Gasteiger partial charge in [0.15, 0.2) is 0 Å². The highest BCUT2D eigenvalue weighted by atomic mass is 35.5. The Bertz CT molecular complexity index is 622. The molecular weight excluding hydrogens is 292 g/mol. The summed E-state index contributed by atoms with van der Waals surface area (Å²) in [6.45, 7) is 4.51. The maximum absolute atomic E-state index is 6.07. The molecule has 0 saturated heterocycles. The SMILES string of the molecule is CCCOc1nc(N)nc(Oc2ccc(Cl)c(CC)c2)n1. The minimum absolute atomic E-state index is 0.0516. The molecule has 7 heteroatoms. The minimum Gasteiger partial charge on any atom is -0.463 e. The van der Waals surface area contributed by atoms with Crippen molar-refractivity contribution in [2.24, 2.45) is 0 Å². The fourth-order valence-electron chi connectivity index (χ4n) is 1.65. The van der Waals surface area contributed by atoms with Gasteiger partial charge in [0, 0.05) is 5.02 Å². The van der Waals surface area contributed by atoms with E-state index in [1.165, 1.54) is 0 Å². The van der Waals surface area contributed by atoms with Gasteiger partial charge in [0.05, 0.1) is 6.61 Å². The van der Waals surface area contributed by atoms with Gasteiger partial charge in [0.1, 0.15) is 5.75 Å². The van der Waals surface area contributed by atoms with E-state index in [-0.39, 0.29) is 18.0 Å². The number of anilines is 1. The summed E-state index contributed by atoms with van der Waals surface area (Å²) in [4.78, 5) is 11.9. The van der Waals surface area contributed by atoms with Crippen LogP contribution in [0.25, 0.3) is 0 Å². The number of rotatable bonds is 6. The van der Waals surface area contributed by atoms with Crippen molar-refractivity contribution < 1.29 is 9.47 Å². The number of nitrogens with zero attached hydrogens (tertiary/aromatic N) is 3. The Labute approximate surface area is 128 Å². The summed E-state index contributed by atoms with van der Waals surface area (Å²) in [5.74, 6) is 0.638. The third-order valence-electron chi connectivity index (χ3n) is 2.65. The van der Waals surface area contributed by atoms with Gasteiger partial charge in [0.25, 0.3) is 0 Å². The topological polar surface area (TPSA) is 83.2 Å². The van der Waals surface area contributed by atoms with Crippen molar-refractivity contribution in [3.63, 3.8) is 0 Å². The molecule has 0 radical (unpaired) electrons. The Morgan fingerprint density at radius 2 is 1.90 bits per heavy atom. The van der Waals surface area contributed by atoms with E-state index in [4.69, 9.17) is 26.8 Å². The highest BCUT2D eigenvalue weighted by Crippen LogP contribution is 2.25. The molecule has 0 unspecified atom stereocenters. The van der Waals surface area contributed by atoms with Gasteiger partial charge in [-0.1, -0.05) is 25.4 Å². The zero-order valence-electron chi connectivity index (χ0n) is 12.0. The quantitative estimate of drug-likeness (QED) is 0.882. The molecule has 0 bridgehead atoms. The van der Waals surface area contributed by atoms with Crippen LogP contribution in [0.1, 0.15) is 25.8 Å². The smallest absolute Gasteiger partial charge is 0.330 e. The first-order valence-electron chi connectivity index (χ1n) is 6.73. The average molecular weight is 309 g/mol. The molecule has 2 N–H and O–H groups in total. The number of benzene rings is 1. The molecule has 0 spiro atoms. The predicted molar refractivity (Wildman–Crippen MR) is 80.9 cm³/mol. The summed E-state index contributed by atoms with van der Waals surface area (Å²) in [6, 6.07) is 5.61. The first kappa shape index (κ1) is 15.3. The third kappa shape index (κ3) is 4.19. The van der Waals surface area contributed by atoms with E-state index >= 15 is 0 Å². The first-order valence-corrected chi connectivity index (χ1v) is 7.10. The van der Waals surface area contributed by atoms with Crippen LogP contribution in [0.4, 0.5) is 5.95 Å². The van der Waals surface area contributed by atoms with Gasteiger partial charge in [-0.25, -0.2) is 0 Å². The van der Waals surface area contributed by atoms with Crippen molar-refractivity contribution in [1.82, 2.24) is 15.0 Å². The van der Waals surface area contributed by atoms with Gasteiger partial charge in [-0.05, 0) is 36.6 Å². The molecule has 0 atom stereocenters. The number of halogens is 1. The number of nitrogen functional groups attached to an aromatic ring is 1. The summed E-state index contributed by atoms with van der Waals surface area (Å²) in [5, 5.41) is 0.701. The second-order valence-corrected chi connectivity index (χ2v) is 4.72. The second kappa shape index (κ2) is 7.08. The molecule has 2 rings (SSSR count). The molecule has 1 heterocycles. The van der Waals surface area contributed by atoms with Crippen molar-refractivity contribution in [3.8, 4) is 17.8 Å². The molecule has 2 aromatic rings. The Hall–Kier alpha value is -2.08. The molecule has 0 fully saturated rings. The lowest BCUT2D eigenvalue weighted by Crippen LogP contribution is -2.05. The highest BCUT2D eigenvalue weighted by molar-refractivity contribution is 6.31. The lowest BCUT2D eigenvalue weighted by Gasteiger charge is -2.08. The molecule has 0 saturated carbocycles. The summed E-state index contributed by atoms with van der Waals surface area (Å²) in [7, 11) is 0. The molecule has 0 aliphatic heterocycles. The van der Waals surface area contributed by atoms with E-state index < -0.39 is 0 Å². The van der Waals surface area contributed by atoms with Crippen molar-refractivity contribution >= 4 is 17.5 Å². The maximum Gasteiger partial charge on any atom is 0.330 e. The van der Waals surface area contributed by atoms with Crippen LogP contribution in [0.15, 0.2) is 18.2 Å². The van der Waals surface area contributed by atoms with Crippen LogP contribution in [0.2, 0.25) is 5.02 Å². The number of nitrogens with two attached hydrogens (primary N) is 1. The zero-order valence-corrected chi connectivity index (χ0v) is 12.7. The van der Waals surface area contributed by atoms with Crippen molar-refractivity contribution in [2.75, 3.05) is 12.3 Å². The molecule has 112 valence electrons. The van der Waals surface area contributed by atoms with E-state index in [1.54, 1.807) is 12.1 Å². The molecule has 21 heavy (non-hydrogen) atoms. The summed E-state index contributed by atoms with van der Waals surface area (Å²) >= 11 is 6.07. The summed E-state index contributed by atoms with van der Waals surface area (Å²) in [6.07, 6.45) is 1.65. The monoisotopic (exact) mass is 308 g/mol. The van der Waals surface area contributed by atoms with Gasteiger partial charge >= 0.3 is 12.0 Å². The highest BCUT2D eigenvalue weighted by Gasteiger charge is 2.09. The first-order chi connectivity index (χ1) is 10.1. The molecule has 0 aliphatic carbocycles. The Morgan fingerprint density at radius 3 is 2.62 bits per heavy atom. The third-order valence-corrected chi connectivity index (χ3v) is 3.02. The van der Waals surface area contributed by atoms with Crippen LogP contribution in [0.5, 0.6) is 17.8 Å². The lowest BCUT2D eigenvalue weighted by atomic mass is 10.1. The van der Waals surface area contributed by atoms with Gasteiger partial charge in [-0.15, -0.1) is 4.98 Å². The lowest BCUT2D eigenvalue weighted by molar-refractivity contribution is 0.285. The Kier molecular flexibility index (Phi) is 5.16. The Morgan fingerprint density at radius 1 is 1.14 bits per heavy atom. The molecule has 0 aliphatic rings. The maximum atomic E-state index is 6.07. The minimum atomic E-state index is 0.0516. The van der Waals surface area contributed by atoms with Crippen molar-refractivity contribution in [2.45, 2.75) is 26.7 Å². The van der Waals surface area contributed by atoms with Crippen LogP contribution in [-0.2, 0) is 6.42 Å². The van der Waals surface area contributed by atoms with Crippen molar-refractivity contribution in [3.05, 3.63) is 28.8 Å².